The van der Waals surface area contributed by atoms with Crippen molar-refractivity contribution in [2.45, 2.75) is 45.4 Å². The number of methoxy groups -OCH3 is 1. The van der Waals surface area contributed by atoms with Crippen molar-refractivity contribution in [3.05, 3.63) is 18.2 Å². The van der Waals surface area contributed by atoms with Gasteiger partial charge in [-0.2, -0.15) is 0 Å². The van der Waals surface area contributed by atoms with Gasteiger partial charge in [0.05, 0.1) is 11.6 Å². The van der Waals surface area contributed by atoms with E-state index in [4.69, 9.17) is 10.5 Å². The molecule has 86 valence electrons. The number of imidazole rings is 1. The molecule has 1 rings (SSSR count). The normalized spacial score (nSPS) is 17.4. The summed E-state index contributed by atoms with van der Waals surface area (Å²) in [5, 5.41) is 0. The Balaban J connectivity index is 2.97. The molecule has 2 N–H and O–H groups in total. The number of hydrogen-bond donors (Lipinski definition) is 1. The van der Waals surface area contributed by atoms with Crippen LogP contribution < -0.4 is 5.73 Å². The number of aromatic nitrogens is 2. The van der Waals surface area contributed by atoms with Crippen LogP contribution in [0.25, 0.3) is 0 Å². The molecule has 0 aliphatic carbocycles. The standard InChI is InChI=1S/C11H21N3O/c1-5-11(3,15-4)9(12)10-13-7-8-14(10)6-2/h7-9H,5-6,12H2,1-4H3. The summed E-state index contributed by atoms with van der Waals surface area (Å²) in [7, 11) is 1.70. The Morgan fingerprint density at radius 2 is 2.27 bits per heavy atom. The highest BCUT2D eigenvalue weighted by Crippen LogP contribution is 2.28. The summed E-state index contributed by atoms with van der Waals surface area (Å²) in [5.74, 6) is 0.892. The van der Waals surface area contributed by atoms with Gasteiger partial charge in [-0.3, -0.25) is 0 Å². The molecule has 2 unspecified atom stereocenters. The summed E-state index contributed by atoms with van der Waals surface area (Å²) < 4.78 is 7.55. The van der Waals surface area contributed by atoms with E-state index in [2.05, 4.69) is 23.4 Å². The molecule has 1 aromatic rings. The maximum atomic E-state index is 6.21. The predicted molar refractivity (Wildman–Crippen MR) is 60.5 cm³/mol. The lowest BCUT2D eigenvalue weighted by Gasteiger charge is -2.32. The Labute approximate surface area is 91.4 Å². The minimum absolute atomic E-state index is 0.192. The molecule has 1 aromatic heterocycles. The Morgan fingerprint density at radius 3 is 2.73 bits per heavy atom. The first kappa shape index (κ1) is 12.2. The quantitative estimate of drug-likeness (QED) is 0.806. The Morgan fingerprint density at radius 1 is 1.60 bits per heavy atom. The molecule has 0 saturated carbocycles. The van der Waals surface area contributed by atoms with E-state index in [1.54, 1.807) is 13.3 Å². The van der Waals surface area contributed by atoms with E-state index in [1.807, 2.05) is 13.1 Å². The highest BCUT2D eigenvalue weighted by atomic mass is 16.5. The number of aryl methyl sites for hydroxylation is 1. The molecule has 0 saturated heterocycles. The lowest BCUT2D eigenvalue weighted by Crippen LogP contribution is -2.41. The van der Waals surface area contributed by atoms with Crippen LogP contribution in [-0.2, 0) is 11.3 Å². The predicted octanol–water partition coefficient (Wildman–Crippen LogP) is 1.72. The highest BCUT2D eigenvalue weighted by Gasteiger charge is 2.33. The molecule has 2 atom stereocenters. The third kappa shape index (κ3) is 2.21. The van der Waals surface area contributed by atoms with Crippen LogP contribution in [0.3, 0.4) is 0 Å². The molecule has 1 heterocycles. The Bertz CT molecular complexity index is 305. The number of ether oxygens (including phenoxy) is 1. The molecular weight excluding hydrogens is 190 g/mol. The van der Waals surface area contributed by atoms with Crippen LogP contribution in [0.15, 0.2) is 12.4 Å². The minimum atomic E-state index is -0.349. The van der Waals surface area contributed by atoms with E-state index in [-0.39, 0.29) is 11.6 Å². The molecule has 0 bridgehead atoms. The van der Waals surface area contributed by atoms with Crippen molar-refractivity contribution in [1.82, 2.24) is 9.55 Å². The first-order chi connectivity index (χ1) is 7.09. The average Bonchev–Trinajstić information content (AvgIpc) is 2.74. The van der Waals surface area contributed by atoms with Crippen LogP contribution >= 0.6 is 0 Å². The molecule has 0 amide bonds. The van der Waals surface area contributed by atoms with Gasteiger partial charge in [0.1, 0.15) is 5.82 Å². The molecular formula is C11H21N3O. The van der Waals surface area contributed by atoms with Crippen LogP contribution in [0.4, 0.5) is 0 Å². The van der Waals surface area contributed by atoms with Gasteiger partial charge in [-0.05, 0) is 20.3 Å². The van der Waals surface area contributed by atoms with Gasteiger partial charge in [0, 0.05) is 26.0 Å². The SMILES string of the molecule is CCn1ccnc1C(N)C(C)(CC)OC. The zero-order chi connectivity index (χ0) is 11.5. The van der Waals surface area contributed by atoms with Crippen LogP contribution in [0.1, 0.15) is 39.1 Å². The lowest BCUT2D eigenvalue weighted by molar-refractivity contribution is -0.0223. The minimum Gasteiger partial charge on any atom is -0.376 e. The van der Waals surface area contributed by atoms with Gasteiger partial charge >= 0.3 is 0 Å². The second kappa shape index (κ2) is 4.77. The van der Waals surface area contributed by atoms with Gasteiger partial charge in [-0.15, -0.1) is 0 Å². The number of hydrogen-bond acceptors (Lipinski definition) is 3. The first-order valence-corrected chi connectivity index (χ1v) is 5.40. The molecule has 15 heavy (non-hydrogen) atoms. The number of nitrogens with two attached hydrogens (primary N) is 1. The highest BCUT2D eigenvalue weighted by molar-refractivity contribution is 5.05. The van der Waals surface area contributed by atoms with Crippen molar-refractivity contribution in [3.63, 3.8) is 0 Å². The largest absolute Gasteiger partial charge is 0.376 e. The summed E-state index contributed by atoms with van der Waals surface area (Å²) in [4.78, 5) is 4.31. The van der Waals surface area contributed by atoms with Crippen LogP contribution in [0.2, 0.25) is 0 Å². The van der Waals surface area contributed by atoms with Crippen LogP contribution in [-0.4, -0.2) is 22.3 Å². The van der Waals surface area contributed by atoms with Crippen molar-refractivity contribution in [2.24, 2.45) is 5.73 Å². The monoisotopic (exact) mass is 211 g/mol. The molecule has 0 fully saturated rings. The van der Waals surface area contributed by atoms with E-state index >= 15 is 0 Å². The zero-order valence-electron chi connectivity index (χ0n) is 10.0. The van der Waals surface area contributed by atoms with Crippen LogP contribution in [0, 0.1) is 0 Å². The van der Waals surface area contributed by atoms with E-state index in [0.717, 1.165) is 18.8 Å². The summed E-state index contributed by atoms with van der Waals surface area (Å²) in [6, 6.07) is -0.192. The van der Waals surface area contributed by atoms with E-state index in [1.165, 1.54) is 0 Å². The van der Waals surface area contributed by atoms with Crippen molar-refractivity contribution >= 4 is 0 Å². The van der Waals surface area contributed by atoms with Gasteiger partial charge in [0.25, 0.3) is 0 Å². The third-order valence-corrected chi connectivity index (χ3v) is 3.19. The Kier molecular flexibility index (Phi) is 3.88. The second-order valence-corrected chi connectivity index (χ2v) is 3.92. The summed E-state index contributed by atoms with van der Waals surface area (Å²) >= 11 is 0. The summed E-state index contributed by atoms with van der Waals surface area (Å²) in [6.07, 6.45) is 4.59. The molecule has 0 aliphatic heterocycles. The summed E-state index contributed by atoms with van der Waals surface area (Å²) in [5.41, 5.74) is 5.86. The lowest BCUT2D eigenvalue weighted by atomic mass is 9.93. The van der Waals surface area contributed by atoms with Crippen molar-refractivity contribution in [2.75, 3.05) is 7.11 Å². The zero-order valence-corrected chi connectivity index (χ0v) is 10.0. The van der Waals surface area contributed by atoms with Gasteiger partial charge in [0.15, 0.2) is 0 Å². The smallest absolute Gasteiger partial charge is 0.128 e. The molecule has 0 aromatic carbocycles. The van der Waals surface area contributed by atoms with Crippen molar-refractivity contribution in [1.29, 1.82) is 0 Å². The van der Waals surface area contributed by atoms with E-state index in [0.29, 0.717) is 0 Å². The fourth-order valence-electron chi connectivity index (χ4n) is 1.63. The van der Waals surface area contributed by atoms with Gasteiger partial charge in [-0.25, -0.2) is 4.98 Å². The number of rotatable bonds is 5. The molecule has 4 nitrogen and oxygen atoms in total. The van der Waals surface area contributed by atoms with Gasteiger partial charge in [0.2, 0.25) is 0 Å². The molecule has 0 aliphatic rings. The number of nitrogens with zero attached hydrogens (tertiary/aromatic N) is 2. The van der Waals surface area contributed by atoms with E-state index < -0.39 is 0 Å². The fraction of sp³-hybridized carbons (Fsp3) is 0.727. The third-order valence-electron chi connectivity index (χ3n) is 3.19. The Hall–Kier alpha value is -0.870. The van der Waals surface area contributed by atoms with Gasteiger partial charge < -0.3 is 15.0 Å². The van der Waals surface area contributed by atoms with Gasteiger partial charge in [-0.1, -0.05) is 6.92 Å². The summed E-state index contributed by atoms with van der Waals surface area (Å²) in [6.45, 7) is 7.05. The second-order valence-electron chi connectivity index (χ2n) is 3.92. The maximum absolute atomic E-state index is 6.21. The topological polar surface area (TPSA) is 53.1 Å². The first-order valence-electron chi connectivity index (χ1n) is 5.40. The fourth-order valence-corrected chi connectivity index (χ4v) is 1.63. The maximum Gasteiger partial charge on any atom is 0.128 e. The molecule has 0 radical (unpaired) electrons. The average molecular weight is 211 g/mol. The van der Waals surface area contributed by atoms with E-state index in [9.17, 15) is 0 Å². The van der Waals surface area contributed by atoms with Crippen molar-refractivity contribution in [3.8, 4) is 0 Å². The van der Waals surface area contributed by atoms with Crippen LogP contribution in [0.5, 0.6) is 0 Å². The van der Waals surface area contributed by atoms with Crippen molar-refractivity contribution < 1.29 is 4.74 Å². The molecule has 0 spiro atoms. The molecule has 4 heteroatoms.